The lowest BCUT2D eigenvalue weighted by atomic mass is 10.1. The Morgan fingerprint density at radius 3 is 2.59 bits per heavy atom. The zero-order chi connectivity index (χ0) is 21.0. The Morgan fingerprint density at radius 1 is 1.21 bits per heavy atom. The zero-order valence-electron chi connectivity index (χ0n) is 15.5. The van der Waals surface area contributed by atoms with Crippen molar-refractivity contribution in [3.8, 4) is 5.75 Å². The summed E-state index contributed by atoms with van der Waals surface area (Å²) in [6.45, 7) is 2.60. The molecule has 0 radical (unpaired) electrons. The Morgan fingerprint density at radius 2 is 1.93 bits per heavy atom. The summed E-state index contributed by atoms with van der Waals surface area (Å²) >= 11 is 4.27. The number of hydrogen-bond donors (Lipinski definition) is 0. The number of carbonyl (C=O) groups excluding carboxylic acids is 2. The molecule has 0 aromatic heterocycles. The zero-order valence-corrected chi connectivity index (χ0v) is 17.9. The van der Waals surface area contributed by atoms with Crippen LogP contribution in [0.1, 0.15) is 24.5 Å². The van der Waals surface area contributed by atoms with Gasteiger partial charge in [0.15, 0.2) is 0 Å². The van der Waals surface area contributed by atoms with E-state index in [1.165, 1.54) is 24.3 Å². The van der Waals surface area contributed by atoms with Crippen LogP contribution in [0.25, 0.3) is 6.08 Å². The van der Waals surface area contributed by atoms with Crippen LogP contribution in [0.3, 0.4) is 0 Å². The lowest BCUT2D eigenvalue weighted by Gasteiger charge is -2.12. The van der Waals surface area contributed by atoms with Crippen molar-refractivity contribution in [1.82, 2.24) is 4.90 Å². The van der Waals surface area contributed by atoms with Crippen LogP contribution in [-0.4, -0.2) is 27.6 Å². The molecule has 1 fully saturated rings. The number of hydrogen-bond acceptors (Lipinski definition) is 6. The fraction of sp³-hybridized carbons (Fsp3) is 0.200. The Kier molecular flexibility index (Phi) is 6.71. The molecular weight excluding hydrogens is 460 g/mol. The number of carbonyl (C=O) groups is 2. The van der Waals surface area contributed by atoms with Crippen molar-refractivity contribution in [2.75, 3.05) is 6.61 Å². The molecule has 0 atom stereocenters. The molecule has 2 amide bonds. The normalized spacial score (nSPS) is 15.2. The minimum absolute atomic E-state index is 0.0444. The highest BCUT2D eigenvalue weighted by Gasteiger charge is 2.35. The largest absolute Gasteiger partial charge is 0.493 e. The highest BCUT2D eigenvalue weighted by atomic mass is 79.9. The van der Waals surface area contributed by atoms with E-state index in [1.807, 2.05) is 25.1 Å². The minimum Gasteiger partial charge on any atom is -0.493 e. The first-order valence-electron chi connectivity index (χ1n) is 8.80. The Bertz CT molecular complexity index is 991. The SMILES string of the molecule is CCCOc1ccc(Br)cc1C=C1SC(=O)N(Cc2ccc([N+](=O)[O-])cc2)C1=O. The van der Waals surface area contributed by atoms with Crippen LogP contribution >= 0.6 is 27.7 Å². The summed E-state index contributed by atoms with van der Waals surface area (Å²) in [5, 5.41) is 10.4. The highest BCUT2D eigenvalue weighted by molar-refractivity contribution is 9.10. The summed E-state index contributed by atoms with van der Waals surface area (Å²) in [7, 11) is 0. The lowest BCUT2D eigenvalue weighted by molar-refractivity contribution is -0.384. The van der Waals surface area contributed by atoms with Crippen molar-refractivity contribution < 1.29 is 19.2 Å². The van der Waals surface area contributed by atoms with E-state index in [1.54, 1.807) is 6.08 Å². The molecule has 3 rings (SSSR count). The lowest BCUT2D eigenvalue weighted by Crippen LogP contribution is -2.27. The third-order valence-electron chi connectivity index (χ3n) is 4.08. The molecule has 0 aliphatic carbocycles. The molecule has 29 heavy (non-hydrogen) atoms. The van der Waals surface area contributed by atoms with Crippen LogP contribution in [0.4, 0.5) is 10.5 Å². The average molecular weight is 477 g/mol. The maximum Gasteiger partial charge on any atom is 0.293 e. The standard InChI is InChI=1S/C20H17BrN2O5S/c1-2-9-28-17-8-5-15(21)10-14(17)11-18-19(24)22(20(25)29-18)12-13-3-6-16(7-4-13)23(26)27/h3-8,10-11H,2,9,12H2,1H3. The highest BCUT2D eigenvalue weighted by Crippen LogP contribution is 2.35. The van der Waals surface area contributed by atoms with E-state index in [4.69, 9.17) is 4.74 Å². The second kappa shape index (κ2) is 9.23. The average Bonchev–Trinajstić information content (AvgIpc) is 2.95. The van der Waals surface area contributed by atoms with Crippen molar-refractivity contribution in [1.29, 1.82) is 0 Å². The van der Waals surface area contributed by atoms with Crippen LogP contribution in [0, 0.1) is 10.1 Å². The van der Waals surface area contributed by atoms with Gasteiger partial charge in [0.2, 0.25) is 0 Å². The van der Waals surface area contributed by atoms with Gasteiger partial charge in [0.1, 0.15) is 5.75 Å². The second-order valence-corrected chi connectivity index (χ2v) is 8.13. The summed E-state index contributed by atoms with van der Waals surface area (Å²) in [6, 6.07) is 11.3. The minimum atomic E-state index is -0.497. The Labute approximate surface area is 180 Å². The van der Waals surface area contributed by atoms with Crippen molar-refractivity contribution >= 4 is 50.6 Å². The number of halogens is 1. The third-order valence-corrected chi connectivity index (χ3v) is 5.48. The van der Waals surface area contributed by atoms with Crippen LogP contribution in [-0.2, 0) is 11.3 Å². The molecule has 150 valence electrons. The second-order valence-electron chi connectivity index (χ2n) is 6.22. The van der Waals surface area contributed by atoms with Gasteiger partial charge in [0.25, 0.3) is 16.8 Å². The van der Waals surface area contributed by atoms with E-state index >= 15 is 0 Å². The number of non-ortho nitro benzene ring substituents is 1. The van der Waals surface area contributed by atoms with Crippen molar-refractivity contribution in [3.63, 3.8) is 0 Å². The summed E-state index contributed by atoms with van der Waals surface area (Å²) < 4.78 is 6.56. The van der Waals surface area contributed by atoms with Crippen molar-refractivity contribution in [2.24, 2.45) is 0 Å². The summed E-state index contributed by atoms with van der Waals surface area (Å²) in [5.41, 5.74) is 1.29. The molecule has 2 aromatic rings. The van der Waals surface area contributed by atoms with Crippen LogP contribution in [0.15, 0.2) is 51.8 Å². The molecule has 7 nitrogen and oxygen atoms in total. The van der Waals surface area contributed by atoms with Crippen molar-refractivity contribution in [2.45, 2.75) is 19.9 Å². The Balaban J connectivity index is 1.81. The number of nitro benzene ring substituents is 1. The van der Waals surface area contributed by atoms with Crippen LogP contribution in [0.5, 0.6) is 5.75 Å². The molecule has 9 heteroatoms. The number of ether oxygens (including phenoxy) is 1. The first-order valence-corrected chi connectivity index (χ1v) is 10.4. The maximum absolute atomic E-state index is 12.8. The summed E-state index contributed by atoms with van der Waals surface area (Å²) in [5.74, 6) is 0.233. The monoisotopic (exact) mass is 476 g/mol. The fourth-order valence-corrected chi connectivity index (χ4v) is 3.87. The number of rotatable bonds is 7. The molecule has 2 aromatic carbocycles. The van der Waals surface area contributed by atoms with Gasteiger partial charge in [-0.2, -0.15) is 0 Å². The van der Waals surface area contributed by atoms with E-state index in [9.17, 15) is 19.7 Å². The molecule has 0 spiro atoms. The summed E-state index contributed by atoms with van der Waals surface area (Å²) in [6.07, 6.45) is 2.50. The van der Waals surface area contributed by atoms with E-state index in [0.29, 0.717) is 28.4 Å². The first-order chi connectivity index (χ1) is 13.9. The molecule has 1 saturated heterocycles. The fourth-order valence-electron chi connectivity index (χ4n) is 2.66. The van der Waals surface area contributed by atoms with E-state index in [0.717, 1.165) is 27.6 Å². The van der Waals surface area contributed by atoms with Gasteiger partial charge >= 0.3 is 0 Å². The topological polar surface area (TPSA) is 89.8 Å². The third kappa shape index (κ3) is 5.04. The van der Waals surface area contributed by atoms with Gasteiger partial charge < -0.3 is 4.74 Å². The van der Waals surface area contributed by atoms with Crippen LogP contribution in [0.2, 0.25) is 0 Å². The molecule has 1 aliphatic rings. The van der Waals surface area contributed by atoms with Gasteiger partial charge in [-0.25, -0.2) is 0 Å². The molecule has 0 bridgehead atoms. The van der Waals surface area contributed by atoms with Crippen molar-refractivity contribution in [3.05, 3.63) is 73.1 Å². The van der Waals surface area contributed by atoms with Gasteiger partial charge in [-0.1, -0.05) is 35.0 Å². The predicted molar refractivity (Wildman–Crippen MR) is 115 cm³/mol. The van der Waals surface area contributed by atoms with Gasteiger partial charge in [-0.3, -0.25) is 24.6 Å². The smallest absolute Gasteiger partial charge is 0.293 e. The van der Waals surface area contributed by atoms with E-state index in [2.05, 4.69) is 15.9 Å². The predicted octanol–water partition coefficient (Wildman–Crippen LogP) is 5.38. The molecular formula is C20H17BrN2O5S. The molecule has 0 N–H and O–H groups in total. The van der Waals surface area contributed by atoms with E-state index < -0.39 is 10.8 Å². The van der Waals surface area contributed by atoms with Gasteiger partial charge in [0, 0.05) is 22.2 Å². The first kappa shape index (κ1) is 21.1. The van der Waals surface area contributed by atoms with Crippen LogP contribution < -0.4 is 4.74 Å². The van der Waals surface area contributed by atoms with Gasteiger partial charge in [-0.05, 0) is 48.0 Å². The van der Waals surface area contributed by atoms with Gasteiger partial charge in [-0.15, -0.1) is 0 Å². The molecule has 0 saturated carbocycles. The summed E-state index contributed by atoms with van der Waals surface area (Å²) in [4.78, 5) is 36.8. The number of amides is 2. The number of imide groups is 1. The quantitative estimate of drug-likeness (QED) is 0.302. The maximum atomic E-state index is 12.8. The number of nitrogens with zero attached hydrogens (tertiary/aromatic N) is 2. The molecule has 0 unspecified atom stereocenters. The number of thioether (sulfide) groups is 1. The molecule has 1 heterocycles. The molecule has 1 aliphatic heterocycles. The van der Waals surface area contributed by atoms with E-state index in [-0.39, 0.29) is 17.5 Å². The number of benzene rings is 2. The van der Waals surface area contributed by atoms with Gasteiger partial charge in [0.05, 0.1) is 23.0 Å². The Hall–Kier alpha value is -2.65. The number of nitro groups is 1.